The van der Waals surface area contributed by atoms with Gasteiger partial charge in [-0.25, -0.2) is 9.19 Å². The third kappa shape index (κ3) is 3.74. The lowest BCUT2D eigenvalue weighted by atomic mass is 10.2. The van der Waals surface area contributed by atoms with Gasteiger partial charge in [-0.2, -0.15) is 13.2 Å². The number of alkyl halides is 3. The molecular formula is C16H12F3N3O3S. The molecule has 3 rings (SSSR count). The van der Waals surface area contributed by atoms with E-state index in [1.165, 1.54) is 13.0 Å². The Balaban J connectivity index is 1.88. The molecule has 0 aliphatic heterocycles. The van der Waals surface area contributed by atoms with Crippen molar-refractivity contribution in [3.63, 3.8) is 0 Å². The van der Waals surface area contributed by atoms with Gasteiger partial charge in [0.25, 0.3) is 5.12 Å². The summed E-state index contributed by atoms with van der Waals surface area (Å²) in [4.78, 5) is 23.2. The van der Waals surface area contributed by atoms with Crippen LogP contribution in [0.3, 0.4) is 0 Å². The predicted molar refractivity (Wildman–Crippen MR) is 87.4 cm³/mol. The number of hydrogen-bond donors (Lipinski definition) is 1. The van der Waals surface area contributed by atoms with Crippen LogP contribution in [0.5, 0.6) is 5.75 Å². The Labute approximate surface area is 147 Å². The second-order valence-electron chi connectivity index (χ2n) is 5.30. The molecule has 2 heterocycles. The highest BCUT2D eigenvalue weighted by Gasteiger charge is 2.30. The number of imidazole rings is 1. The molecule has 1 unspecified atom stereocenters. The number of aromatic nitrogens is 3. The SMILES string of the molecule is Cc1c(OCC(F)(F)F)ccnc1C(=O)S(=O)c1nc2ccccc2[nH]1. The maximum absolute atomic E-state index is 12.5. The number of H-pyrrole nitrogens is 1. The van der Waals surface area contributed by atoms with Crippen LogP contribution in [0.4, 0.5) is 13.2 Å². The number of ether oxygens (including phenoxy) is 1. The van der Waals surface area contributed by atoms with Crippen molar-refractivity contribution in [3.8, 4) is 5.75 Å². The average Bonchev–Trinajstić information content (AvgIpc) is 3.03. The molecule has 26 heavy (non-hydrogen) atoms. The van der Waals surface area contributed by atoms with E-state index in [1.807, 2.05) is 0 Å². The summed E-state index contributed by atoms with van der Waals surface area (Å²) in [5.74, 6) is -0.151. The number of carbonyl (C=O) groups is 1. The van der Waals surface area contributed by atoms with Gasteiger partial charge in [0.2, 0.25) is 5.16 Å². The minimum atomic E-state index is -4.52. The van der Waals surface area contributed by atoms with E-state index in [1.54, 1.807) is 24.3 Å². The number of halogens is 3. The number of fused-ring (bicyclic) bond motifs is 1. The van der Waals surface area contributed by atoms with Gasteiger partial charge in [-0.3, -0.25) is 9.78 Å². The van der Waals surface area contributed by atoms with Gasteiger partial charge in [-0.15, -0.1) is 0 Å². The predicted octanol–water partition coefficient (Wildman–Crippen LogP) is 3.16. The van der Waals surface area contributed by atoms with Crippen molar-refractivity contribution in [3.05, 3.63) is 47.8 Å². The smallest absolute Gasteiger partial charge is 0.422 e. The van der Waals surface area contributed by atoms with Crippen LogP contribution in [0.1, 0.15) is 16.1 Å². The van der Waals surface area contributed by atoms with Crippen LogP contribution in [-0.4, -0.2) is 37.1 Å². The standard InChI is InChI=1S/C16H12F3N3O3S/c1-9-12(25-8-16(17,18)19)6-7-20-13(9)14(23)26(24)15-21-10-4-2-3-5-11(10)22-15/h2-7H,8H2,1H3,(H,21,22). The van der Waals surface area contributed by atoms with Gasteiger partial charge in [0.1, 0.15) is 11.4 Å². The fourth-order valence-corrected chi connectivity index (χ4v) is 3.17. The Morgan fingerprint density at radius 3 is 2.69 bits per heavy atom. The highest BCUT2D eigenvalue weighted by atomic mass is 32.2. The number of rotatable bonds is 4. The Morgan fingerprint density at radius 2 is 2.00 bits per heavy atom. The zero-order valence-corrected chi connectivity index (χ0v) is 14.1. The summed E-state index contributed by atoms with van der Waals surface area (Å²) in [6, 6.07) is 8.10. The Morgan fingerprint density at radius 1 is 1.27 bits per heavy atom. The van der Waals surface area contributed by atoms with E-state index >= 15 is 0 Å². The average molecular weight is 383 g/mol. The maximum Gasteiger partial charge on any atom is 0.422 e. The van der Waals surface area contributed by atoms with Crippen LogP contribution in [0, 0.1) is 6.92 Å². The van der Waals surface area contributed by atoms with E-state index in [2.05, 4.69) is 19.7 Å². The number of carbonyl (C=O) groups excluding carboxylic acids is 1. The number of hydrogen-bond acceptors (Lipinski definition) is 5. The van der Waals surface area contributed by atoms with Gasteiger partial charge in [0, 0.05) is 11.8 Å². The van der Waals surface area contributed by atoms with Crippen molar-refractivity contribution < 1.29 is 26.9 Å². The summed E-state index contributed by atoms with van der Waals surface area (Å²) < 4.78 is 54.1. The van der Waals surface area contributed by atoms with Gasteiger partial charge in [-0.1, -0.05) is 12.1 Å². The van der Waals surface area contributed by atoms with E-state index in [-0.39, 0.29) is 22.2 Å². The molecule has 10 heteroatoms. The highest BCUT2D eigenvalue weighted by molar-refractivity contribution is 8.00. The Kier molecular flexibility index (Phi) is 4.77. The van der Waals surface area contributed by atoms with E-state index in [9.17, 15) is 22.2 Å². The van der Waals surface area contributed by atoms with E-state index in [4.69, 9.17) is 0 Å². The molecule has 0 spiro atoms. The van der Waals surface area contributed by atoms with E-state index in [0.29, 0.717) is 11.0 Å². The van der Waals surface area contributed by atoms with Gasteiger partial charge >= 0.3 is 6.18 Å². The summed E-state index contributed by atoms with van der Waals surface area (Å²) in [7, 11) is -2.20. The van der Waals surface area contributed by atoms with Crippen molar-refractivity contribution in [2.75, 3.05) is 6.61 Å². The van der Waals surface area contributed by atoms with E-state index in [0.717, 1.165) is 6.20 Å². The normalized spacial score (nSPS) is 12.9. The molecule has 1 aromatic carbocycles. The maximum atomic E-state index is 12.5. The lowest BCUT2D eigenvalue weighted by Crippen LogP contribution is -2.20. The van der Waals surface area contributed by atoms with Gasteiger partial charge in [-0.05, 0) is 25.1 Å². The monoisotopic (exact) mass is 383 g/mol. The first kappa shape index (κ1) is 18.1. The molecule has 0 aliphatic rings. The third-order valence-electron chi connectivity index (χ3n) is 3.45. The first-order chi connectivity index (χ1) is 12.3. The molecular weight excluding hydrogens is 371 g/mol. The molecule has 0 fully saturated rings. The van der Waals surface area contributed by atoms with Crippen molar-refractivity contribution in [2.24, 2.45) is 0 Å². The Hall–Kier alpha value is -2.75. The fourth-order valence-electron chi connectivity index (χ4n) is 2.23. The summed E-state index contributed by atoms with van der Waals surface area (Å²) in [6.45, 7) is -0.125. The molecule has 0 aliphatic carbocycles. The molecule has 136 valence electrons. The largest absolute Gasteiger partial charge is 0.484 e. The Bertz CT molecular complexity index is 968. The number of pyridine rings is 1. The molecule has 0 saturated heterocycles. The molecule has 0 radical (unpaired) electrons. The van der Waals surface area contributed by atoms with Crippen molar-refractivity contribution in [1.82, 2.24) is 15.0 Å². The summed E-state index contributed by atoms with van der Waals surface area (Å²) in [5, 5.41) is -0.932. The minimum absolute atomic E-state index is 0.0565. The highest BCUT2D eigenvalue weighted by Crippen LogP contribution is 2.24. The van der Waals surface area contributed by atoms with Gasteiger partial charge < -0.3 is 9.72 Å². The fraction of sp³-hybridized carbons (Fsp3) is 0.188. The number of aromatic amines is 1. The second kappa shape index (κ2) is 6.87. The summed E-state index contributed by atoms with van der Waals surface area (Å²) in [6.07, 6.45) is -3.39. The van der Waals surface area contributed by atoms with Crippen LogP contribution < -0.4 is 4.74 Å². The molecule has 0 amide bonds. The van der Waals surface area contributed by atoms with Gasteiger partial charge in [0.05, 0.1) is 11.0 Å². The molecule has 2 aromatic heterocycles. The van der Waals surface area contributed by atoms with Crippen molar-refractivity contribution in [1.29, 1.82) is 0 Å². The zero-order chi connectivity index (χ0) is 18.9. The topological polar surface area (TPSA) is 84.9 Å². The number of benzene rings is 1. The molecule has 1 N–H and O–H groups in total. The second-order valence-corrected chi connectivity index (χ2v) is 6.60. The van der Waals surface area contributed by atoms with Gasteiger partial charge in [0.15, 0.2) is 17.4 Å². The number of nitrogens with one attached hydrogen (secondary N) is 1. The lowest BCUT2D eigenvalue weighted by Gasteiger charge is -2.12. The third-order valence-corrected chi connectivity index (χ3v) is 4.53. The van der Waals surface area contributed by atoms with Crippen LogP contribution in [-0.2, 0) is 10.8 Å². The first-order valence-corrected chi connectivity index (χ1v) is 8.47. The summed E-state index contributed by atoms with van der Waals surface area (Å²) in [5.41, 5.74) is 0.987. The van der Waals surface area contributed by atoms with Crippen molar-refractivity contribution in [2.45, 2.75) is 18.3 Å². The molecule has 0 saturated carbocycles. The molecule has 0 bridgehead atoms. The first-order valence-electron chi connectivity index (χ1n) is 7.32. The lowest BCUT2D eigenvalue weighted by molar-refractivity contribution is -0.153. The van der Waals surface area contributed by atoms with Crippen LogP contribution >= 0.6 is 0 Å². The minimum Gasteiger partial charge on any atom is -0.484 e. The molecule has 3 aromatic rings. The van der Waals surface area contributed by atoms with Crippen LogP contribution in [0.15, 0.2) is 41.7 Å². The number of nitrogens with zero attached hydrogens (tertiary/aromatic N) is 2. The van der Waals surface area contributed by atoms with Crippen molar-refractivity contribution >= 4 is 26.9 Å². The van der Waals surface area contributed by atoms with Crippen LogP contribution in [0.2, 0.25) is 0 Å². The summed E-state index contributed by atoms with van der Waals surface area (Å²) >= 11 is 0. The molecule has 1 atom stereocenters. The van der Waals surface area contributed by atoms with E-state index < -0.39 is 28.7 Å². The number of para-hydroxylation sites is 2. The quantitative estimate of drug-likeness (QED) is 0.748. The van der Waals surface area contributed by atoms with Crippen LogP contribution in [0.25, 0.3) is 11.0 Å². The molecule has 6 nitrogen and oxygen atoms in total. The zero-order valence-electron chi connectivity index (χ0n) is 13.3.